The van der Waals surface area contributed by atoms with Crippen LogP contribution in [0.15, 0.2) is 48.5 Å². The smallest absolute Gasteiger partial charge is 0.227 e. The molecule has 2 saturated heterocycles. The van der Waals surface area contributed by atoms with Gasteiger partial charge < -0.3 is 10.2 Å². The van der Waals surface area contributed by atoms with Crippen LogP contribution in [0.1, 0.15) is 42.9 Å². The third-order valence-electron chi connectivity index (χ3n) is 6.25. The number of aryl methyl sites for hydroxylation is 1. The number of nitrogens with one attached hydrogen (secondary N) is 1. The van der Waals surface area contributed by atoms with E-state index in [0.29, 0.717) is 13.1 Å². The average molecular weight is 406 g/mol. The number of carbonyl (C=O) groups excluding carboxylic acids is 2. The van der Waals surface area contributed by atoms with Gasteiger partial charge in [0.1, 0.15) is 0 Å². The van der Waals surface area contributed by atoms with Gasteiger partial charge in [-0.3, -0.25) is 14.5 Å². The first-order valence-electron chi connectivity index (χ1n) is 11.1. The predicted octanol–water partition coefficient (Wildman–Crippen LogP) is 3.51. The minimum Gasteiger partial charge on any atom is -0.352 e. The number of likely N-dealkylation sites (tertiary alicyclic amines) is 1. The summed E-state index contributed by atoms with van der Waals surface area (Å²) in [4.78, 5) is 29.5. The lowest BCUT2D eigenvalue weighted by Crippen LogP contribution is -2.32. The SMILES string of the molecule is CCc1ccccc1N1CC(C(=O)NCc2ccc(CN3CCCC3)cc2)CC1=O. The van der Waals surface area contributed by atoms with Crippen molar-refractivity contribution in [2.75, 3.05) is 24.5 Å². The van der Waals surface area contributed by atoms with Crippen molar-refractivity contribution >= 4 is 17.5 Å². The fraction of sp³-hybridized carbons (Fsp3) is 0.440. The Kier molecular flexibility index (Phi) is 6.48. The molecule has 0 bridgehead atoms. The summed E-state index contributed by atoms with van der Waals surface area (Å²) in [5.74, 6) is -0.305. The van der Waals surface area contributed by atoms with Crippen LogP contribution >= 0.6 is 0 Å². The maximum absolute atomic E-state index is 12.7. The Labute approximate surface area is 179 Å². The molecular weight excluding hydrogens is 374 g/mol. The Morgan fingerprint density at radius 3 is 2.47 bits per heavy atom. The maximum Gasteiger partial charge on any atom is 0.227 e. The van der Waals surface area contributed by atoms with Crippen LogP contribution in [0.25, 0.3) is 0 Å². The van der Waals surface area contributed by atoms with Crippen LogP contribution in [0.2, 0.25) is 0 Å². The number of para-hydroxylation sites is 1. The monoisotopic (exact) mass is 405 g/mol. The number of amides is 2. The van der Waals surface area contributed by atoms with Gasteiger partial charge in [-0.05, 0) is 55.1 Å². The van der Waals surface area contributed by atoms with Gasteiger partial charge in [0.15, 0.2) is 0 Å². The van der Waals surface area contributed by atoms with Gasteiger partial charge in [0.25, 0.3) is 0 Å². The van der Waals surface area contributed by atoms with Gasteiger partial charge in [-0.2, -0.15) is 0 Å². The molecule has 1 unspecified atom stereocenters. The second-order valence-electron chi connectivity index (χ2n) is 8.41. The zero-order chi connectivity index (χ0) is 20.9. The van der Waals surface area contributed by atoms with Crippen molar-refractivity contribution in [2.45, 2.75) is 45.7 Å². The summed E-state index contributed by atoms with van der Waals surface area (Å²) in [6.45, 7) is 6.43. The van der Waals surface area contributed by atoms with Crippen molar-refractivity contribution < 1.29 is 9.59 Å². The van der Waals surface area contributed by atoms with E-state index >= 15 is 0 Å². The summed E-state index contributed by atoms with van der Waals surface area (Å²) in [6.07, 6.45) is 3.74. The lowest BCUT2D eigenvalue weighted by Gasteiger charge is -2.20. The highest BCUT2D eigenvalue weighted by Gasteiger charge is 2.35. The Hall–Kier alpha value is -2.66. The highest BCUT2D eigenvalue weighted by Crippen LogP contribution is 2.28. The average Bonchev–Trinajstić information content (AvgIpc) is 3.42. The Bertz CT molecular complexity index is 888. The van der Waals surface area contributed by atoms with E-state index < -0.39 is 0 Å². The molecule has 2 aliphatic heterocycles. The van der Waals surface area contributed by atoms with Crippen LogP contribution in [0, 0.1) is 5.92 Å². The molecule has 4 rings (SSSR count). The fourth-order valence-corrected chi connectivity index (χ4v) is 4.48. The van der Waals surface area contributed by atoms with Gasteiger partial charge in [0.05, 0.1) is 5.92 Å². The van der Waals surface area contributed by atoms with Gasteiger partial charge in [0, 0.05) is 31.7 Å². The minimum absolute atomic E-state index is 0.0299. The second-order valence-corrected chi connectivity index (χ2v) is 8.41. The van der Waals surface area contributed by atoms with Crippen molar-refractivity contribution in [3.8, 4) is 0 Å². The number of benzene rings is 2. The Morgan fingerprint density at radius 2 is 1.73 bits per heavy atom. The zero-order valence-corrected chi connectivity index (χ0v) is 17.8. The van der Waals surface area contributed by atoms with E-state index in [2.05, 4.69) is 41.4 Å². The number of hydrogen-bond acceptors (Lipinski definition) is 3. The van der Waals surface area contributed by atoms with E-state index in [1.165, 1.54) is 31.5 Å². The van der Waals surface area contributed by atoms with E-state index in [9.17, 15) is 9.59 Å². The number of nitrogens with zero attached hydrogens (tertiary/aromatic N) is 2. The molecule has 0 radical (unpaired) electrons. The number of anilines is 1. The molecule has 2 aromatic rings. The van der Waals surface area contributed by atoms with E-state index in [1.54, 1.807) is 4.90 Å². The standard InChI is InChI=1S/C25H31N3O2/c1-2-21-7-3-4-8-23(21)28-18-22(15-24(28)29)25(30)26-16-19-9-11-20(12-10-19)17-27-13-5-6-14-27/h3-4,7-12,22H,2,5-6,13-18H2,1H3,(H,26,30). The molecule has 2 aromatic carbocycles. The van der Waals surface area contributed by atoms with E-state index in [1.807, 2.05) is 24.3 Å². The fourth-order valence-electron chi connectivity index (χ4n) is 4.48. The summed E-state index contributed by atoms with van der Waals surface area (Å²) in [5.41, 5.74) is 4.49. The van der Waals surface area contributed by atoms with E-state index in [0.717, 1.165) is 29.8 Å². The van der Waals surface area contributed by atoms with E-state index in [4.69, 9.17) is 0 Å². The maximum atomic E-state index is 12.7. The number of rotatable bonds is 7. The van der Waals surface area contributed by atoms with Gasteiger partial charge in [-0.25, -0.2) is 0 Å². The van der Waals surface area contributed by atoms with Crippen LogP contribution in [0.5, 0.6) is 0 Å². The summed E-state index contributed by atoms with van der Waals surface area (Å²) in [6, 6.07) is 16.4. The molecule has 0 aromatic heterocycles. The summed E-state index contributed by atoms with van der Waals surface area (Å²) >= 11 is 0. The molecule has 2 fully saturated rings. The highest BCUT2D eigenvalue weighted by atomic mass is 16.2. The van der Waals surface area contributed by atoms with Crippen molar-refractivity contribution in [3.05, 3.63) is 65.2 Å². The summed E-state index contributed by atoms with van der Waals surface area (Å²) in [7, 11) is 0. The lowest BCUT2D eigenvalue weighted by molar-refractivity contribution is -0.126. The molecule has 0 spiro atoms. The Balaban J connectivity index is 1.30. The predicted molar refractivity (Wildman–Crippen MR) is 119 cm³/mol. The molecule has 5 heteroatoms. The normalized spacial score (nSPS) is 19.4. The van der Waals surface area contributed by atoms with Crippen LogP contribution in [0.3, 0.4) is 0 Å². The number of hydrogen-bond donors (Lipinski definition) is 1. The molecular formula is C25H31N3O2. The second kappa shape index (κ2) is 9.43. The zero-order valence-electron chi connectivity index (χ0n) is 17.8. The largest absolute Gasteiger partial charge is 0.352 e. The molecule has 2 heterocycles. The van der Waals surface area contributed by atoms with Gasteiger partial charge in [-0.1, -0.05) is 49.4 Å². The van der Waals surface area contributed by atoms with Gasteiger partial charge in [-0.15, -0.1) is 0 Å². The number of carbonyl (C=O) groups is 2. The molecule has 158 valence electrons. The molecule has 2 amide bonds. The minimum atomic E-state index is -0.295. The topological polar surface area (TPSA) is 52.7 Å². The van der Waals surface area contributed by atoms with Gasteiger partial charge >= 0.3 is 0 Å². The molecule has 1 atom stereocenters. The molecule has 30 heavy (non-hydrogen) atoms. The first-order chi connectivity index (χ1) is 14.6. The van der Waals surface area contributed by atoms with Crippen molar-refractivity contribution in [1.82, 2.24) is 10.2 Å². The summed E-state index contributed by atoms with van der Waals surface area (Å²) < 4.78 is 0. The van der Waals surface area contributed by atoms with Crippen LogP contribution in [-0.4, -0.2) is 36.3 Å². The molecule has 2 aliphatic rings. The quantitative estimate of drug-likeness (QED) is 0.767. The highest BCUT2D eigenvalue weighted by molar-refractivity contribution is 6.00. The molecule has 5 nitrogen and oxygen atoms in total. The third-order valence-corrected chi connectivity index (χ3v) is 6.25. The third kappa shape index (κ3) is 4.73. The molecule has 1 N–H and O–H groups in total. The van der Waals surface area contributed by atoms with Crippen molar-refractivity contribution in [1.29, 1.82) is 0 Å². The first-order valence-corrected chi connectivity index (χ1v) is 11.1. The van der Waals surface area contributed by atoms with Crippen LogP contribution in [-0.2, 0) is 29.1 Å². The molecule has 0 saturated carbocycles. The lowest BCUT2D eigenvalue weighted by atomic mass is 10.1. The summed E-state index contributed by atoms with van der Waals surface area (Å²) in [5, 5.41) is 3.03. The Morgan fingerprint density at radius 1 is 1.03 bits per heavy atom. The molecule has 0 aliphatic carbocycles. The first kappa shape index (κ1) is 20.6. The van der Waals surface area contributed by atoms with Crippen LogP contribution in [0.4, 0.5) is 5.69 Å². The van der Waals surface area contributed by atoms with Crippen molar-refractivity contribution in [2.24, 2.45) is 5.92 Å². The van der Waals surface area contributed by atoms with Gasteiger partial charge in [0.2, 0.25) is 11.8 Å². The van der Waals surface area contributed by atoms with E-state index in [-0.39, 0.29) is 24.2 Å². The van der Waals surface area contributed by atoms with Crippen LogP contribution < -0.4 is 10.2 Å². The van der Waals surface area contributed by atoms with Crippen molar-refractivity contribution in [3.63, 3.8) is 0 Å².